The van der Waals surface area contributed by atoms with Gasteiger partial charge in [-0.15, -0.1) is 0 Å². The van der Waals surface area contributed by atoms with Crippen molar-refractivity contribution in [3.8, 4) is 0 Å². The van der Waals surface area contributed by atoms with Crippen molar-refractivity contribution in [3.63, 3.8) is 0 Å². The molecular weight excluding hydrogens is 340 g/mol. The summed E-state index contributed by atoms with van der Waals surface area (Å²) in [5.41, 5.74) is 0.0558. The first-order valence-corrected chi connectivity index (χ1v) is 8.64. The van der Waals surface area contributed by atoms with Gasteiger partial charge in [0, 0.05) is 25.6 Å². The number of esters is 1. The van der Waals surface area contributed by atoms with Gasteiger partial charge in [-0.25, -0.2) is 0 Å². The number of hydrogen-bond acceptors (Lipinski definition) is 7. The molecule has 0 aromatic heterocycles. The predicted octanol–water partition coefficient (Wildman–Crippen LogP) is 3.16. The van der Waals surface area contributed by atoms with Crippen LogP contribution in [0.4, 0.5) is 11.4 Å². The van der Waals surface area contributed by atoms with E-state index in [0.717, 1.165) is 0 Å². The Morgan fingerprint density at radius 2 is 1.77 bits per heavy atom. The van der Waals surface area contributed by atoms with Gasteiger partial charge in [0.05, 0.1) is 24.7 Å². The minimum atomic E-state index is -0.458. The molecule has 0 saturated heterocycles. The van der Waals surface area contributed by atoms with E-state index in [2.05, 4.69) is 5.32 Å². The van der Waals surface area contributed by atoms with E-state index < -0.39 is 10.5 Å². The quantitative estimate of drug-likeness (QED) is 0.262. The Morgan fingerprint density at radius 1 is 1.12 bits per heavy atom. The number of nitrogens with zero attached hydrogens (tertiary/aromatic N) is 1. The van der Waals surface area contributed by atoms with Gasteiger partial charge in [-0.05, 0) is 33.3 Å². The average Bonchev–Trinajstić information content (AvgIpc) is 2.55. The van der Waals surface area contributed by atoms with Crippen LogP contribution in [0.5, 0.6) is 0 Å². The highest BCUT2D eigenvalue weighted by atomic mass is 16.6. The summed E-state index contributed by atoms with van der Waals surface area (Å²) in [6, 6.07) is 6.47. The van der Waals surface area contributed by atoms with E-state index in [0.29, 0.717) is 51.5 Å². The van der Waals surface area contributed by atoms with Crippen LogP contribution < -0.4 is 5.32 Å². The Balaban J connectivity index is 2.00. The Hall–Kier alpha value is -2.19. The van der Waals surface area contributed by atoms with E-state index in [1.54, 1.807) is 18.2 Å². The number of nitro benzene ring substituents is 1. The van der Waals surface area contributed by atoms with Crippen molar-refractivity contribution >= 4 is 17.3 Å². The molecule has 0 amide bonds. The molecule has 0 radical (unpaired) electrons. The largest absolute Gasteiger partial charge is 0.460 e. The standard InChI is InChI=1S/C18H28N2O6/c1-18(2,3)26-17(21)9-6-11-24-13-14-25-12-10-19-15-7-4-5-8-16(15)20(22)23/h4-5,7-8,19H,6,9-14H2,1-3H3. The van der Waals surface area contributed by atoms with Crippen LogP contribution >= 0.6 is 0 Å². The lowest BCUT2D eigenvalue weighted by molar-refractivity contribution is -0.384. The maximum absolute atomic E-state index is 11.5. The maximum Gasteiger partial charge on any atom is 0.306 e. The highest BCUT2D eigenvalue weighted by Crippen LogP contribution is 2.22. The lowest BCUT2D eigenvalue weighted by Crippen LogP contribution is -2.23. The number of nitro groups is 1. The van der Waals surface area contributed by atoms with Gasteiger partial charge in [0.25, 0.3) is 5.69 Å². The Kier molecular flexibility index (Phi) is 9.61. The summed E-state index contributed by atoms with van der Waals surface area (Å²) in [6.07, 6.45) is 0.937. The summed E-state index contributed by atoms with van der Waals surface area (Å²) < 4.78 is 16.0. The smallest absolute Gasteiger partial charge is 0.306 e. The summed E-state index contributed by atoms with van der Waals surface area (Å²) >= 11 is 0. The minimum absolute atomic E-state index is 0.0424. The molecule has 0 spiro atoms. The summed E-state index contributed by atoms with van der Waals surface area (Å²) in [5.74, 6) is -0.224. The topological polar surface area (TPSA) is 99.9 Å². The summed E-state index contributed by atoms with van der Waals surface area (Å²) in [4.78, 5) is 22.0. The third kappa shape index (κ3) is 9.95. The van der Waals surface area contributed by atoms with E-state index in [1.165, 1.54) is 6.07 Å². The van der Waals surface area contributed by atoms with Crippen LogP contribution in [0, 0.1) is 10.1 Å². The van der Waals surface area contributed by atoms with Crippen molar-refractivity contribution in [2.75, 3.05) is 38.3 Å². The van der Waals surface area contributed by atoms with Gasteiger partial charge < -0.3 is 19.5 Å². The fourth-order valence-corrected chi connectivity index (χ4v) is 2.07. The number of carbonyl (C=O) groups is 1. The van der Waals surface area contributed by atoms with E-state index in [-0.39, 0.29) is 11.7 Å². The monoisotopic (exact) mass is 368 g/mol. The first kappa shape index (κ1) is 21.9. The average molecular weight is 368 g/mol. The number of nitrogens with one attached hydrogen (secondary N) is 1. The Morgan fingerprint density at radius 3 is 2.42 bits per heavy atom. The summed E-state index contributed by atoms with van der Waals surface area (Å²) in [6.45, 7) is 7.70. The van der Waals surface area contributed by atoms with Crippen molar-refractivity contribution in [1.82, 2.24) is 0 Å². The predicted molar refractivity (Wildman–Crippen MR) is 98.3 cm³/mol. The molecule has 0 aliphatic heterocycles. The van der Waals surface area contributed by atoms with Crippen LogP contribution in [0.25, 0.3) is 0 Å². The molecule has 8 heteroatoms. The number of hydrogen-bond donors (Lipinski definition) is 1. The van der Waals surface area contributed by atoms with Crippen LogP contribution in [-0.2, 0) is 19.0 Å². The van der Waals surface area contributed by atoms with Crippen molar-refractivity contribution in [3.05, 3.63) is 34.4 Å². The zero-order chi connectivity index (χ0) is 19.4. The van der Waals surface area contributed by atoms with Crippen LogP contribution in [0.15, 0.2) is 24.3 Å². The molecule has 146 valence electrons. The van der Waals surface area contributed by atoms with Gasteiger partial charge in [-0.3, -0.25) is 14.9 Å². The first-order valence-electron chi connectivity index (χ1n) is 8.64. The normalized spacial score (nSPS) is 11.2. The second kappa shape index (κ2) is 11.4. The molecule has 1 N–H and O–H groups in total. The molecule has 1 aromatic rings. The molecule has 26 heavy (non-hydrogen) atoms. The molecule has 8 nitrogen and oxygen atoms in total. The molecule has 0 aliphatic carbocycles. The zero-order valence-electron chi connectivity index (χ0n) is 15.7. The second-order valence-electron chi connectivity index (χ2n) is 6.62. The summed E-state index contributed by atoms with van der Waals surface area (Å²) in [7, 11) is 0. The Bertz CT molecular complexity index is 571. The van der Waals surface area contributed by atoms with Crippen LogP contribution in [-0.4, -0.2) is 49.5 Å². The molecule has 0 atom stereocenters. The molecular formula is C18H28N2O6. The molecule has 0 unspecified atom stereocenters. The number of para-hydroxylation sites is 2. The molecule has 0 saturated carbocycles. The summed E-state index contributed by atoms with van der Waals surface area (Å²) in [5, 5.41) is 13.9. The third-order valence-electron chi connectivity index (χ3n) is 3.12. The van der Waals surface area contributed by atoms with E-state index in [1.807, 2.05) is 20.8 Å². The van der Waals surface area contributed by atoms with Crippen molar-refractivity contribution in [1.29, 1.82) is 0 Å². The van der Waals surface area contributed by atoms with E-state index in [9.17, 15) is 14.9 Å². The number of benzene rings is 1. The number of rotatable bonds is 12. The van der Waals surface area contributed by atoms with Crippen molar-refractivity contribution in [2.45, 2.75) is 39.2 Å². The lowest BCUT2D eigenvalue weighted by Gasteiger charge is -2.19. The second-order valence-corrected chi connectivity index (χ2v) is 6.62. The lowest BCUT2D eigenvalue weighted by atomic mass is 10.2. The SMILES string of the molecule is CC(C)(C)OC(=O)CCCOCCOCCNc1ccccc1[N+](=O)[O-]. The molecule has 1 aromatic carbocycles. The van der Waals surface area contributed by atoms with Gasteiger partial charge in [-0.2, -0.15) is 0 Å². The van der Waals surface area contributed by atoms with Gasteiger partial charge in [0.1, 0.15) is 11.3 Å². The highest BCUT2D eigenvalue weighted by Gasteiger charge is 2.15. The highest BCUT2D eigenvalue weighted by molar-refractivity contribution is 5.69. The van der Waals surface area contributed by atoms with E-state index >= 15 is 0 Å². The minimum Gasteiger partial charge on any atom is -0.460 e. The molecule has 0 heterocycles. The number of anilines is 1. The van der Waals surface area contributed by atoms with Gasteiger partial charge in [-0.1, -0.05) is 12.1 Å². The van der Waals surface area contributed by atoms with E-state index in [4.69, 9.17) is 14.2 Å². The fourth-order valence-electron chi connectivity index (χ4n) is 2.07. The first-order chi connectivity index (χ1) is 12.3. The molecule has 0 fully saturated rings. The van der Waals surface area contributed by atoms with Crippen LogP contribution in [0.3, 0.4) is 0 Å². The van der Waals surface area contributed by atoms with Gasteiger partial charge >= 0.3 is 5.97 Å². The zero-order valence-corrected chi connectivity index (χ0v) is 15.7. The van der Waals surface area contributed by atoms with Gasteiger partial charge in [0.15, 0.2) is 0 Å². The van der Waals surface area contributed by atoms with Crippen LogP contribution in [0.1, 0.15) is 33.6 Å². The fraction of sp³-hybridized carbons (Fsp3) is 0.611. The van der Waals surface area contributed by atoms with Crippen LogP contribution in [0.2, 0.25) is 0 Å². The number of carbonyl (C=O) groups excluding carboxylic acids is 1. The molecule has 0 aliphatic rings. The van der Waals surface area contributed by atoms with Crippen molar-refractivity contribution < 1.29 is 23.9 Å². The Labute approximate surface area is 154 Å². The molecule has 1 rings (SSSR count). The van der Waals surface area contributed by atoms with Crippen molar-refractivity contribution in [2.24, 2.45) is 0 Å². The third-order valence-corrected chi connectivity index (χ3v) is 3.12. The number of ether oxygens (including phenoxy) is 3. The van der Waals surface area contributed by atoms with Gasteiger partial charge in [0.2, 0.25) is 0 Å². The maximum atomic E-state index is 11.5. The molecule has 0 bridgehead atoms.